The largest absolute Gasteiger partial charge is 0.475 e. The molecule has 10 heavy (non-hydrogen) atoms. The van der Waals surface area contributed by atoms with E-state index in [1.807, 2.05) is 0 Å². The molecule has 1 aromatic heterocycles. The van der Waals surface area contributed by atoms with Crippen LogP contribution in [-0.2, 0) is 0 Å². The standard InChI is InChI=1S/C5H3N3O2/c6-3-8-2-1-7-4(8)5(9)10/h1-2H,(H,9,10). The van der Waals surface area contributed by atoms with Crippen molar-refractivity contribution in [3.63, 3.8) is 0 Å². The van der Waals surface area contributed by atoms with Gasteiger partial charge in [-0.05, 0) is 0 Å². The Hall–Kier alpha value is -1.83. The molecule has 1 rings (SSSR count). The van der Waals surface area contributed by atoms with Crippen molar-refractivity contribution in [2.45, 2.75) is 0 Å². The van der Waals surface area contributed by atoms with Crippen LogP contribution in [0.5, 0.6) is 0 Å². The second-order valence-corrected chi connectivity index (χ2v) is 1.53. The van der Waals surface area contributed by atoms with Crippen LogP contribution in [0.1, 0.15) is 10.6 Å². The van der Waals surface area contributed by atoms with Gasteiger partial charge in [0.05, 0.1) is 0 Å². The van der Waals surface area contributed by atoms with Crippen LogP contribution in [0, 0.1) is 11.5 Å². The van der Waals surface area contributed by atoms with Crippen molar-refractivity contribution < 1.29 is 9.90 Å². The Morgan fingerprint density at radius 1 is 1.90 bits per heavy atom. The predicted octanol–water partition coefficient (Wildman–Crippen LogP) is -0.0895. The fraction of sp³-hybridized carbons (Fsp3) is 0. The van der Waals surface area contributed by atoms with Gasteiger partial charge in [0.15, 0.2) is 6.19 Å². The highest BCUT2D eigenvalue weighted by Gasteiger charge is 2.08. The molecule has 0 aliphatic carbocycles. The minimum atomic E-state index is -1.20. The van der Waals surface area contributed by atoms with Gasteiger partial charge in [0.2, 0.25) is 5.82 Å². The second kappa shape index (κ2) is 2.19. The molecule has 50 valence electrons. The van der Waals surface area contributed by atoms with Crippen molar-refractivity contribution in [3.05, 3.63) is 18.2 Å². The quantitative estimate of drug-likeness (QED) is 0.586. The number of hydrogen-bond donors (Lipinski definition) is 1. The number of nitrogens with zero attached hydrogens (tertiary/aromatic N) is 3. The first-order valence-corrected chi connectivity index (χ1v) is 2.42. The number of carboxylic acid groups (broad SMARTS) is 1. The third-order valence-electron chi connectivity index (χ3n) is 0.940. The highest BCUT2D eigenvalue weighted by atomic mass is 16.4. The molecule has 1 heterocycles. The fourth-order valence-electron chi connectivity index (χ4n) is 0.542. The van der Waals surface area contributed by atoms with Crippen molar-refractivity contribution in [3.8, 4) is 6.19 Å². The summed E-state index contributed by atoms with van der Waals surface area (Å²) in [5.41, 5.74) is 0. The second-order valence-electron chi connectivity index (χ2n) is 1.53. The normalized spacial score (nSPS) is 8.70. The molecule has 0 fully saturated rings. The molecule has 0 radical (unpaired) electrons. The van der Waals surface area contributed by atoms with Crippen molar-refractivity contribution >= 4 is 5.97 Å². The number of carboxylic acids is 1. The van der Waals surface area contributed by atoms with E-state index < -0.39 is 5.97 Å². The first kappa shape index (κ1) is 6.29. The monoisotopic (exact) mass is 137 g/mol. The van der Waals surface area contributed by atoms with Gasteiger partial charge in [-0.25, -0.2) is 14.3 Å². The molecule has 0 bridgehead atoms. The van der Waals surface area contributed by atoms with Crippen molar-refractivity contribution in [1.29, 1.82) is 5.26 Å². The van der Waals surface area contributed by atoms with E-state index in [9.17, 15) is 4.79 Å². The number of carbonyl (C=O) groups is 1. The van der Waals surface area contributed by atoms with Gasteiger partial charge in [0.25, 0.3) is 0 Å². The zero-order chi connectivity index (χ0) is 7.56. The van der Waals surface area contributed by atoms with Gasteiger partial charge < -0.3 is 5.11 Å². The maximum absolute atomic E-state index is 10.2. The van der Waals surface area contributed by atoms with Crippen LogP contribution in [0.15, 0.2) is 12.4 Å². The van der Waals surface area contributed by atoms with Gasteiger partial charge in [-0.15, -0.1) is 0 Å². The Balaban J connectivity index is 3.17. The molecule has 0 unspecified atom stereocenters. The molecule has 0 aliphatic rings. The van der Waals surface area contributed by atoms with Gasteiger partial charge >= 0.3 is 5.97 Å². The van der Waals surface area contributed by atoms with E-state index in [0.29, 0.717) is 0 Å². The molecule has 0 aromatic carbocycles. The molecule has 1 aromatic rings. The number of hydrogen-bond acceptors (Lipinski definition) is 3. The third-order valence-corrected chi connectivity index (χ3v) is 0.940. The van der Waals surface area contributed by atoms with Gasteiger partial charge in [0.1, 0.15) is 0 Å². The van der Waals surface area contributed by atoms with E-state index in [0.717, 1.165) is 4.57 Å². The van der Waals surface area contributed by atoms with Crippen LogP contribution >= 0.6 is 0 Å². The Labute approximate surface area is 56.1 Å². The molecule has 0 amide bonds. The smallest absolute Gasteiger partial charge is 0.373 e. The highest BCUT2D eigenvalue weighted by Crippen LogP contribution is 1.93. The number of nitriles is 1. The summed E-state index contributed by atoms with van der Waals surface area (Å²) in [6.07, 6.45) is 4.17. The molecule has 0 spiro atoms. The molecular formula is C5H3N3O2. The summed E-state index contributed by atoms with van der Waals surface area (Å²) in [5, 5.41) is 16.6. The van der Waals surface area contributed by atoms with Crippen LogP contribution in [0.2, 0.25) is 0 Å². The predicted molar refractivity (Wildman–Crippen MR) is 30.2 cm³/mol. The molecule has 5 heteroatoms. The molecule has 0 aliphatic heterocycles. The number of aromatic nitrogens is 2. The average molecular weight is 137 g/mol. The lowest BCUT2D eigenvalue weighted by molar-refractivity contribution is 0.0682. The first-order valence-electron chi connectivity index (χ1n) is 2.42. The van der Waals surface area contributed by atoms with E-state index in [4.69, 9.17) is 10.4 Å². The number of rotatable bonds is 1. The molecular weight excluding hydrogens is 134 g/mol. The lowest BCUT2D eigenvalue weighted by Crippen LogP contribution is -2.04. The highest BCUT2D eigenvalue weighted by molar-refractivity contribution is 5.83. The third kappa shape index (κ3) is 0.821. The molecule has 1 N–H and O–H groups in total. The summed E-state index contributed by atoms with van der Waals surface area (Å²) >= 11 is 0. The van der Waals surface area contributed by atoms with Crippen LogP contribution in [0.4, 0.5) is 0 Å². The summed E-state index contributed by atoms with van der Waals surface area (Å²) in [5.74, 6) is -1.46. The van der Waals surface area contributed by atoms with Crippen molar-refractivity contribution in [2.75, 3.05) is 0 Å². The van der Waals surface area contributed by atoms with Crippen LogP contribution in [0.25, 0.3) is 0 Å². The Kier molecular flexibility index (Phi) is 1.38. The number of aromatic carboxylic acids is 1. The van der Waals surface area contributed by atoms with Gasteiger partial charge in [-0.2, -0.15) is 5.26 Å². The first-order chi connectivity index (χ1) is 4.75. The summed E-state index contributed by atoms with van der Waals surface area (Å²) in [7, 11) is 0. The molecule has 5 nitrogen and oxygen atoms in total. The van der Waals surface area contributed by atoms with Crippen LogP contribution in [0.3, 0.4) is 0 Å². The van der Waals surface area contributed by atoms with Gasteiger partial charge in [-0.1, -0.05) is 0 Å². The lowest BCUT2D eigenvalue weighted by Gasteiger charge is -1.87. The van der Waals surface area contributed by atoms with Crippen molar-refractivity contribution in [1.82, 2.24) is 9.55 Å². The zero-order valence-electron chi connectivity index (χ0n) is 4.85. The SMILES string of the molecule is N#Cn1ccnc1C(=O)O. The summed E-state index contributed by atoms with van der Waals surface area (Å²) in [6, 6.07) is 0. The molecule has 0 saturated heterocycles. The fourth-order valence-corrected chi connectivity index (χ4v) is 0.542. The van der Waals surface area contributed by atoms with E-state index in [1.54, 1.807) is 6.19 Å². The van der Waals surface area contributed by atoms with E-state index >= 15 is 0 Å². The zero-order valence-corrected chi connectivity index (χ0v) is 4.85. The Morgan fingerprint density at radius 2 is 2.60 bits per heavy atom. The topological polar surface area (TPSA) is 78.9 Å². The number of imidazole rings is 1. The maximum atomic E-state index is 10.2. The summed E-state index contributed by atoms with van der Waals surface area (Å²) in [6.45, 7) is 0. The minimum Gasteiger partial charge on any atom is -0.475 e. The summed E-state index contributed by atoms with van der Waals surface area (Å²) in [4.78, 5) is 13.6. The average Bonchev–Trinajstić information content (AvgIpc) is 2.33. The summed E-state index contributed by atoms with van der Waals surface area (Å²) < 4.78 is 0.877. The lowest BCUT2D eigenvalue weighted by atomic mass is 10.6. The van der Waals surface area contributed by atoms with Gasteiger partial charge in [0, 0.05) is 12.4 Å². The molecule has 0 saturated carbocycles. The molecule has 0 atom stereocenters. The minimum absolute atomic E-state index is 0.262. The Bertz CT molecular complexity index is 296. The Morgan fingerprint density at radius 3 is 3.00 bits per heavy atom. The van der Waals surface area contributed by atoms with Gasteiger partial charge in [-0.3, -0.25) is 0 Å². The van der Waals surface area contributed by atoms with E-state index in [2.05, 4.69) is 4.98 Å². The van der Waals surface area contributed by atoms with E-state index in [-0.39, 0.29) is 5.82 Å². The van der Waals surface area contributed by atoms with Crippen LogP contribution < -0.4 is 0 Å². The maximum Gasteiger partial charge on any atom is 0.373 e. The van der Waals surface area contributed by atoms with Crippen molar-refractivity contribution in [2.24, 2.45) is 0 Å². The van der Waals surface area contributed by atoms with Crippen LogP contribution in [-0.4, -0.2) is 20.6 Å². The van der Waals surface area contributed by atoms with E-state index in [1.165, 1.54) is 12.4 Å².